The average Bonchev–Trinajstić information content (AvgIpc) is 2.19. The largest absolute Gasteiger partial charge is 0.356 e. The molecule has 0 aromatic heterocycles. The predicted octanol–water partition coefficient (Wildman–Crippen LogP) is 0.896. The summed E-state index contributed by atoms with van der Waals surface area (Å²) in [6.45, 7) is 3.96. The van der Waals surface area contributed by atoms with Crippen molar-refractivity contribution in [2.75, 3.05) is 13.2 Å². The number of ether oxygens (including phenoxy) is 1. The highest BCUT2D eigenvalue weighted by atomic mass is 16.5. The molecule has 1 radical (unpaired) electrons. The van der Waals surface area contributed by atoms with Crippen LogP contribution in [0.2, 0.25) is 0 Å². The van der Waals surface area contributed by atoms with Gasteiger partial charge in [-0.3, -0.25) is 5.32 Å². The lowest BCUT2D eigenvalue weighted by Gasteiger charge is -2.05. The quantitative estimate of drug-likeness (QED) is 0.575. The van der Waals surface area contributed by atoms with Crippen molar-refractivity contribution in [3.8, 4) is 0 Å². The Morgan fingerprint density at radius 3 is 3.12 bits per heavy atom. The van der Waals surface area contributed by atoms with E-state index in [9.17, 15) is 0 Å². The highest BCUT2D eigenvalue weighted by molar-refractivity contribution is 4.78. The second kappa shape index (κ2) is 3.05. The van der Waals surface area contributed by atoms with Crippen molar-refractivity contribution in [3.63, 3.8) is 0 Å². The van der Waals surface area contributed by atoms with Crippen LogP contribution >= 0.6 is 0 Å². The summed E-state index contributed by atoms with van der Waals surface area (Å²) in [5.41, 5.74) is 0. The molecular weight excluding hydrogens is 102 g/mol. The van der Waals surface area contributed by atoms with Gasteiger partial charge < -0.3 is 4.74 Å². The Morgan fingerprint density at radius 1 is 1.75 bits per heavy atom. The Morgan fingerprint density at radius 2 is 2.62 bits per heavy atom. The molecule has 0 amide bonds. The average molecular weight is 114 g/mol. The van der Waals surface area contributed by atoms with Gasteiger partial charge in [0.25, 0.3) is 0 Å². The Labute approximate surface area is 50.2 Å². The number of hydrogen-bond donors (Lipinski definition) is 1. The first-order chi connectivity index (χ1) is 3.93. The minimum Gasteiger partial charge on any atom is -0.356 e. The van der Waals surface area contributed by atoms with Gasteiger partial charge in [-0.1, -0.05) is 6.92 Å². The molecule has 0 atom stereocenters. The van der Waals surface area contributed by atoms with E-state index in [0.29, 0.717) is 0 Å². The van der Waals surface area contributed by atoms with Crippen molar-refractivity contribution in [3.05, 3.63) is 6.23 Å². The van der Waals surface area contributed by atoms with E-state index in [-0.39, 0.29) is 0 Å². The molecule has 1 rings (SSSR count). The first-order valence-electron chi connectivity index (χ1n) is 3.16. The van der Waals surface area contributed by atoms with Crippen molar-refractivity contribution in [1.29, 1.82) is 0 Å². The maximum absolute atomic E-state index is 5.20. The zero-order valence-electron chi connectivity index (χ0n) is 5.24. The molecule has 1 aliphatic heterocycles. The van der Waals surface area contributed by atoms with Crippen LogP contribution in [0.1, 0.15) is 19.8 Å². The summed E-state index contributed by atoms with van der Waals surface area (Å²) in [4.78, 5) is 0. The monoisotopic (exact) mass is 114 g/mol. The highest BCUT2D eigenvalue weighted by Gasteiger charge is 2.14. The minimum atomic E-state index is 0.905. The molecule has 1 N–H and O–H groups in total. The fraction of sp³-hybridized carbons (Fsp3) is 0.833. The van der Waals surface area contributed by atoms with Crippen molar-refractivity contribution in [2.24, 2.45) is 0 Å². The Kier molecular flexibility index (Phi) is 2.30. The molecular formula is C6H12NO. The van der Waals surface area contributed by atoms with E-state index in [1.54, 1.807) is 0 Å². The number of hydrogen-bond acceptors (Lipinski definition) is 2. The third-order valence-electron chi connectivity index (χ3n) is 1.20. The lowest BCUT2D eigenvalue weighted by molar-refractivity contribution is 0.174. The van der Waals surface area contributed by atoms with Gasteiger partial charge in [-0.05, 0) is 19.4 Å². The number of rotatable bonds is 2. The van der Waals surface area contributed by atoms with Crippen LogP contribution in [0.4, 0.5) is 0 Å². The lowest BCUT2D eigenvalue weighted by atomic mass is 10.3. The molecule has 47 valence electrons. The van der Waals surface area contributed by atoms with Gasteiger partial charge in [0.2, 0.25) is 0 Å². The van der Waals surface area contributed by atoms with Gasteiger partial charge in [-0.2, -0.15) is 0 Å². The summed E-state index contributed by atoms with van der Waals surface area (Å²) in [5, 5.41) is 3.14. The van der Waals surface area contributed by atoms with Gasteiger partial charge >= 0.3 is 0 Å². The van der Waals surface area contributed by atoms with Gasteiger partial charge in [0.05, 0.1) is 0 Å². The van der Waals surface area contributed by atoms with Crippen LogP contribution in [0.5, 0.6) is 0 Å². The first-order valence-corrected chi connectivity index (χ1v) is 3.16. The third kappa shape index (κ3) is 1.46. The molecule has 8 heavy (non-hydrogen) atoms. The zero-order valence-corrected chi connectivity index (χ0v) is 5.24. The normalized spacial score (nSPS) is 22.1. The fourth-order valence-corrected chi connectivity index (χ4v) is 0.837. The van der Waals surface area contributed by atoms with E-state index in [4.69, 9.17) is 4.74 Å². The van der Waals surface area contributed by atoms with Crippen LogP contribution in [0.25, 0.3) is 0 Å². The van der Waals surface area contributed by atoms with Gasteiger partial charge in [0, 0.05) is 6.61 Å². The molecule has 2 nitrogen and oxygen atoms in total. The predicted molar refractivity (Wildman–Crippen MR) is 32.1 cm³/mol. The minimum absolute atomic E-state index is 0.905. The summed E-state index contributed by atoms with van der Waals surface area (Å²) < 4.78 is 5.20. The van der Waals surface area contributed by atoms with E-state index >= 15 is 0 Å². The SMILES string of the molecule is CCN[C]1CCCO1. The third-order valence-corrected chi connectivity index (χ3v) is 1.20. The fourth-order valence-electron chi connectivity index (χ4n) is 0.837. The molecule has 1 fully saturated rings. The van der Waals surface area contributed by atoms with Crippen LogP contribution in [-0.2, 0) is 4.74 Å². The lowest BCUT2D eigenvalue weighted by Crippen LogP contribution is -2.18. The Balaban J connectivity index is 2.06. The molecule has 0 bridgehead atoms. The van der Waals surface area contributed by atoms with Crippen LogP contribution in [0.15, 0.2) is 0 Å². The van der Waals surface area contributed by atoms with E-state index in [1.807, 2.05) is 0 Å². The molecule has 1 saturated heterocycles. The van der Waals surface area contributed by atoms with Crippen LogP contribution < -0.4 is 5.32 Å². The first kappa shape index (κ1) is 6.05. The summed E-state index contributed by atoms with van der Waals surface area (Å²) in [6.07, 6.45) is 3.36. The van der Waals surface area contributed by atoms with Gasteiger partial charge in [-0.25, -0.2) is 0 Å². The standard InChI is InChI=1S/C6H12NO/c1-2-7-6-4-3-5-8-6/h7H,2-5H2,1H3. The molecule has 0 aromatic rings. The summed E-state index contributed by atoms with van der Waals surface area (Å²) in [5.74, 6) is 0. The maximum atomic E-state index is 5.20. The zero-order chi connectivity index (χ0) is 5.82. The van der Waals surface area contributed by atoms with Crippen molar-refractivity contribution in [2.45, 2.75) is 19.8 Å². The van der Waals surface area contributed by atoms with Gasteiger partial charge in [-0.15, -0.1) is 0 Å². The van der Waals surface area contributed by atoms with Gasteiger partial charge in [0.15, 0.2) is 6.23 Å². The molecule has 0 aliphatic carbocycles. The number of nitrogens with one attached hydrogen (secondary N) is 1. The molecule has 0 unspecified atom stereocenters. The second-order valence-corrected chi connectivity index (χ2v) is 1.91. The topological polar surface area (TPSA) is 21.3 Å². The van der Waals surface area contributed by atoms with E-state index in [1.165, 1.54) is 6.42 Å². The van der Waals surface area contributed by atoms with Crippen molar-refractivity contribution >= 4 is 0 Å². The van der Waals surface area contributed by atoms with Crippen LogP contribution in [-0.4, -0.2) is 13.2 Å². The van der Waals surface area contributed by atoms with E-state index < -0.39 is 0 Å². The molecule has 0 aromatic carbocycles. The highest BCUT2D eigenvalue weighted by Crippen LogP contribution is 2.14. The van der Waals surface area contributed by atoms with Crippen LogP contribution in [0.3, 0.4) is 0 Å². The second-order valence-electron chi connectivity index (χ2n) is 1.91. The van der Waals surface area contributed by atoms with Gasteiger partial charge in [0.1, 0.15) is 0 Å². The van der Waals surface area contributed by atoms with E-state index in [0.717, 1.165) is 25.8 Å². The van der Waals surface area contributed by atoms with Crippen molar-refractivity contribution < 1.29 is 4.74 Å². The molecule has 1 heterocycles. The molecule has 0 spiro atoms. The Bertz CT molecular complexity index is 59.5. The molecule has 2 heteroatoms. The summed E-state index contributed by atoms with van der Waals surface area (Å²) >= 11 is 0. The maximum Gasteiger partial charge on any atom is 0.162 e. The summed E-state index contributed by atoms with van der Waals surface area (Å²) in [7, 11) is 0. The van der Waals surface area contributed by atoms with Crippen molar-refractivity contribution in [1.82, 2.24) is 5.32 Å². The molecule has 1 aliphatic rings. The smallest absolute Gasteiger partial charge is 0.162 e. The van der Waals surface area contributed by atoms with E-state index in [2.05, 4.69) is 12.2 Å². The van der Waals surface area contributed by atoms with Crippen LogP contribution in [0, 0.1) is 6.23 Å². The Hall–Kier alpha value is -0.0800. The molecule has 0 saturated carbocycles. The summed E-state index contributed by atoms with van der Waals surface area (Å²) in [6, 6.07) is 0.